The average molecular weight is 298 g/mol. The van der Waals surface area contributed by atoms with Crippen molar-refractivity contribution in [2.75, 3.05) is 20.1 Å². The van der Waals surface area contributed by atoms with Crippen LogP contribution in [0, 0.1) is 0 Å². The van der Waals surface area contributed by atoms with Crippen LogP contribution in [0.2, 0.25) is 0 Å². The number of hydrogen-bond donors (Lipinski definition) is 0. The minimum absolute atomic E-state index is 0.238. The normalized spacial score (nSPS) is 10.8. The fourth-order valence-electron chi connectivity index (χ4n) is 1.78. The van der Waals surface area contributed by atoms with Crippen molar-refractivity contribution in [1.82, 2.24) is 4.90 Å². The lowest BCUT2D eigenvalue weighted by Gasteiger charge is -2.14. The van der Waals surface area contributed by atoms with Gasteiger partial charge >= 0.3 is 0 Å². The number of carbonyl (C=O) groups is 1. The topological polar surface area (TPSA) is 20.3 Å². The molecule has 94 valence electrons. The third kappa shape index (κ3) is 5.46. The molecule has 0 N–H and O–H groups in total. The number of carbonyl (C=O) groups excluding carboxylic acids is 1. The van der Waals surface area contributed by atoms with Gasteiger partial charge in [0.1, 0.15) is 0 Å². The van der Waals surface area contributed by atoms with Gasteiger partial charge in [0.2, 0.25) is 0 Å². The SMILES string of the molecule is CCCN(C)CCCC(=O)c1ccc(Br)cc1. The Morgan fingerprint density at radius 1 is 1.24 bits per heavy atom. The highest BCUT2D eigenvalue weighted by Crippen LogP contribution is 2.12. The van der Waals surface area contributed by atoms with Crippen molar-refractivity contribution in [2.24, 2.45) is 0 Å². The highest BCUT2D eigenvalue weighted by molar-refractivity contribution is 9.10. The number of ketones is 1. The second-order valence-electron chi connectivity index (χ2n) is 4.34. The van der Waals surface area contributed by atoms with Crippen molar-refractivity contribution in [2.45, 2.75) is 26.2 Å². The van der Waals surface area contributed by atoms with Crippen LogP contribution >= 0.6 is 15.9 Å². The van der Waals surface area contributed by atoms with E-state index in [4.69, 9.17) is 0 Å². The van der Waals surface area contributed by atoms with Crippen LogP contribution in [-0.2, 0) is 0 Å². The Balaban J connectivity index is 2.32. The Hall–Kier alpha value is -0.670. The summed E-state index contributed by atoms with van der Waals surface area (Å²) in [5, 5.41) is 0. The molecule has 2 nitrogen and oxygen atoms in total. The molecule has 1 aromatic rings. The fourth-order valence-corrected chi connectivity index (χ4v) is 2.05. The summed E-state index contributed by atoms with van der Waals surface area (Å²) in [5.41, 5.74) is 0.811. The van der Waals surface area contributed by atoms with Crippen LogP contribution in [0.15, 0.2) is 28.7 Å². The molecule has 0 bridgehead atoms. The quantitative estimate of drug-likeness (QED) is 0.714. The van der Waals surface area contributed by atoms with Crippen molar-refractivity contribution >= 4 is 21.7 Å². The first kappa shape index (κ1) is 14.4. The molecule has 0 fully saturated rings. The molecular formula is C14H20BrNO. The van der Waals surface area contributed by atoms with E-state index in [-0.39, 0.29) is 5.78 Å². The van der Waals surface area contributed by atoms with E-state index in [2.05, 4.69) is 34.8 Å². The molecule has 0 amide bonds. The Morgan fingerprint density at radius 3 is 2.47 bits per heavy atom. The van der Waals surface area contributed by atoms with Crippen LogP contribution in [-0.4, -0.2) is 30.8 Å². The van der Waals surface area contributed by atoms with Crippen LogP contribution in [0.5, 0.6) is 0 Å². The molecule has 0 saturated carbocycles. The van der Waals surface area contributed by atoms with Gasteiger partial charge in [-0.15, -0.1) is 0 Å². The Morgan fingerprint density at radius 2 is 1.88 bits per heavy atom. The second-order valence-corrected chi connectivity index (χ2v) is 5.25. The number of halogens is 1. The number of rotatable bonds is 7. The second kappa shape index (κ2) is 7.62. The molecule has 0 radical (unpaired) electrons. The minimum Gasteiger partial charge on any atom is -0.306 e. The highest BCUT2D eigenvalue weighted by atomic mass is 79.9. The maximum absolute atomic E-state index is 11.9. The van der Waals surface area contributed by atoms with Gasteiger partial charge in [0.25, 0.3) is 0 Å². The molecular weight excluding hydrogens is 278 g/mol. The van der Waals surface area contributed by atoms with Crippen molar-refractivity contribution in [1.29, 1.82) is 0 Å². The predicted molar refractivity (Wildman–Crippen MR) is 75.5 cm³/mol. The van der Waals surface area contributed by atoms with E-state index in [0.29, 0.717) is 6.42 Å². The monoisotopic (exact) mass is 297 g/mol. The van der Waals surface area contributed by atoms with Gasteiger partial charge in [-0.2, -0.15) is 0 Å². The number of nitrogens with zero attached hydrogens (tertiary/aromatic N) is 1. The summed E-state index contributed by atoms with van der Waals surface area (Å²) in [7, 11) is 2.10. The molecule has 0 unspecified atom stereocenters. The molecule has 17 heavy (non-hydrogen) atoms. The molecule has 0 saturated heterocycles. The van der Waals surface area contributed by atoms with Crippen molar-refractivity contribution in [3.05, 3.63) is 34.3 Å². The predicted octanol–water partition coefficient (Wildman–Crippen LogP) is 3.75. The smallest absolute Gasteiger partial charge is 0.162 e. The summed E-state index contributed by atoms with van der Waals surface area (Å²) in [6, 6.07) is 7.58. The Labute approximate surface area is 112 Å². The summed E-state index contributed by atoms with van der Waals surface area (Å²) in [5.74, 6) is 0.238. The number of benzene rings is 1. The zero-order valence-corrected chi connectivity index (χ0v) is 12.2. The van der Waals surface area contributed by atoms with Crippen LogP contribution in [0.1, 0.15) is 36.5 Å². The van der Waals surface area contributed by atoms with Crippen LogP contribution in [0.25, 0.3) is 0 Å². The fraction of sp³-hybridized carbons (Fsp3) is 0.500. The van der Waals surface area contributed by atoms with Gasteiger partial charge in [-0.25, -0.2) is 0 Å². The van der Waals surface area contributed by atoms with E-state index in [1.807, 2.05) is 24.3 Å². The van der Waals surface area contributed by atoms with Gasteiger partial charge in [-0.3, -0.25) is 4.79 Å². The minimum atomic E-state index is 0.238. The van der Waals surface area contributed by atoms with Gasteiger partial charge in [-0.05, 0) is 45.1 Å². The van der Waals surface area contributed by atoms with E-state index in [0.717, 1.165) is 36.0 Å². The first-order valence-corrected chi connectivity index (χ1v) is 6.90. The summed E-state index contributed by atoms with van der Waals surface area (Å²) < 4.78 is 1.01. The van der Waals surface area contributed by atoms with Crippen molar-refractivity contribution in [3.8, 4) is 0 Å². The Kier molecular flexibility index (Phi) is 6.45. The summed E-state index contributed by atoms with van der Waals surface area (Å²) in [6.45, 7) is 4.27. The van der Waals surface area contributed by atoms with E-state index >= 15 is 0 Å². The molecule has 0 aromatic heterocycles. The molecule has 3 heteroatoms. The summed E-state index contributed by atoms with van der Waals surface area (Å²) in [6.07, 6.45) is 2.73. The molecule has 0 atom stereocenters. The summed E-state index contributed by atoms with van der Waals surface area (Å²) in [4.78, 5) is 14.1. The lowest BCUT2D eigenvalue weighted by atomic mass is 10.1. The average Bonchev–Trinajstić information content (AvgIpc) is 2.30. The van der Waals surface area contributed by atoms with Gasteiger partial charge in [-0.1, -0.05) is 35.0 Å². The van der Waals surface area contributed by atoms with Crippen molar-refractivity contribution < 1.29 is 4.79 Å². The van der Waals surface area contributed by atoms with Crippen LogP contribution in [0.4, 0.5) is 0 Å². The molecule has 0 aliphatic heterocycles. The van der Waals surface area contributed by atoms with Gasteiger partial charge < -0.3 is 4.90 Å². The third-order valence-electron chi connectivity index (χ3n) is 2.72. The van der Waals surface area contributed by atoms with Crippen LogP contribution in [0.3, 0.4) is 0 Å². The van der Waals surface area contributed by atoms with E-state index in [1.165, 1.54) is 0 Å². The molecule has 0 heterocycles. The maximum Gasteiger partial charge on any atom is 0.162 e. The van der Waals surface area contributed by atoms with Gasteiger partial charge in [0.05, 0.1) is 0 Å². The lowest BCUT2D eigenvalue weighted by Crippen LogP contribution is -2.21. The zero-order valence-electron chi connectivity index (χ0n) is 10.6. The number of hydrogen-bond acceptors (Lipinski definition) is 2. The molecule has 1 rings (SSSR count). The largest absolute Gasteiger partial charge is 0.306 e. The first-order chi connectivity index (χ1) is 8.13. The zero-order chi connectivity index (χ0) is 12.7. The van der Waals surface area contributed by atoms with Gasteiger partial charge in [0.15, 0.2) is 5.78 Å². The van der Waals surface area contributed by atoms with E-state index in [9.17, 15) is 4.79 Å². The lowest BCUT2D eigenvalue weighted by molar-refractivity contribution is 0.0976. The molecule has 0 spiro atoms. The molecule has 1 aromatic carbocycles. The maximum atomic E-state index is 11.9. The Bertz CT molecular complexity index is 348. The molecule has 0 aliphatic carbocycles. The van der Waals surface area contributed by atoms with Crippen LogP contribution < -0.4 is 0 Å². The number of Topliss-reactive ketones (excluding diaryl/α,β-unsaturated/α-hetero) is 1. The van der Waals surface area contributed by atoms with E-state index in [1.54, 1.807) is 0 Å². The van der Waals surface area contributed by atoms with Gasteiger partial charge in [0, 0.05) is 16.5 Å². The van der Waals surface area contributed by atoms with Crippen molar-refractivity contribution in [3.63, 3.8) is 0 Å². The first-order valence-electron chi connectivity index (χ1n) is 6.10. The molecule has 0 aliphatic rings. The highest BCUT2D eigenvalue weighted by Gasteiger charge is 2.06. The van der Waals surface area contributed by atoms with E-state index < -0.39 is 0 Å². The third-order valence-corrected chi connectivity index (χ3v) is 3.24. The summed E-state index contributed by atoms with van der Waals surface area (Å²) >= 11 is 3.37. The standard InChI is InChI=1S/C14H20BrNO/c1-3-10-16(2)11-4-5-14(17)12-6-8-13(15)9-7-12/h6-9H,3-5,10-11H2,1-2H3.